The summed E-state index contributed by atoms with van der Waals surface area (Å²) in [7, 11) is 0. The predicted octanol–water partition coefficient (Wildman–Crippen LogP) is 1.61. The standard InChI is InChI=1S/C17H27N3O/c1-13(2)16(18)17(21)19-10-15-8-9-20(12-15)11-14-6-4-3-5-7-14/h3-7,13,15-16H,8-12,18H2,1-2H3,(H,19,21)/t15-,16+/m1/s1. The zero-order valence-electron chi connectivity index (χ0n) is 13.1. The van der Waals surface area contributed by atoms with Crippen molar-refractivity contribution < 1.29 is 4.79 Å². The van der Waals surface area contributed by atoms with Gasteiger partial charge in [0.1, 0.15) is 0 Å². The van der Waals surface area contributed by atoms with E-state index >= 15 is 0 Å². The van der Waals surface area contributed by atoms with E-state index in [2.05, 4.69) is 34.5 Å². The Balaban J connectivity index is 1.72. The molecule has 0 spiro atoms. The first-order valence-corrected chi connectivity index (χ1v) is 7.86. The Morgan fingerprint density at radius 2 is 2.10 bits per heavy atom. The Morgan fingerprint density at radius 3 is 2.76 bits per heavy atom. The number of nitrogens with two attached hydrogens (primary N) is 1. The number of rotatable bonds is 6. The van der Waals surface area contributed by atoms with Crippen LogP contribution in [0.25, 0.3) is 0 Å². The molecule has 21 heavy (non-hydrogen) atoms. The maximum atomic E-state index is 11.9. The summed E-state index contributed by atoms with van der Waals surface area (Å²) in [6.07, 6.45) is 1.14. The van der Waals surface area contributed by atoms with E-state index in [1.807, 2.05) is 19.9 Å². The zero-order valence-corrected chi connectivity index (χ0v) is 13.1. The third-order valence-electron chi connectivity index (χ3n) is 4.20. The van der Waals surface area contributed by atoms with Crippen LogP contribution in [0.15, 0.2) is 30.3 Å². The fourth-order valence-corrected chi connectivity index (χ4v) is 2.73. The second kappa shape index (κ2) is 7.57. The lowest BCUT2D eigenvalue weighted by atomic mass is 10.0. The molecule has 1 aliphatic rings. The fourth-order valence-electron chi connectivity index (χ4n) is 2.73. The molecule has 0 saturated carbocycles. The molecule has 0 aliphatic carbocycles. The molecule has 2 rings (SSSR count). The van der Waals surface area contributed by atoms with Crippen LogP contribution in [0.5, 0.6) is 0 Å². The second-order valence-electron chi connectivity index (χ2n) is 6.39. The number of carbonyl (C=O) groups excluding carboxylic acids is 1. The molecule has 2 atom stereocenters. The van der Waals surface area contributed by atoms with Gasteiger partial charge < -0.3 is 11.1 Å². The number of carbonyl (C=O) groups is 1. The van der Waals surface area contributed by atoms with Crippen molar-refractivity contribution in [2.75, 3.05) is 19.6 Å². The number of benzene rings is 1. The number of nitrogens with zero attached hydrogens (tertiary/aromatic N) is 1. The van der Waals surface area contributed by atoms with Crippen LogP contribution >= 0.6 is 0 Å². The normalized spacial score (nSPS) is 20.7. The van der Waals surface area contributed by atoms with Gasteiger partial charge >= 0.3 is 0 Å². The molecule has 1 aromatic rings. The molecule has 0 bridgehead atoms. The van der Waals surface area contributed by atoms with Crippen molar-refractivity contribution in [1.29, 1.82) is 0 Å². The quantitative estimate of drug-likeness (QED) is 0.836. The molecule has 0 aromatic heterocycles. The Morgan fingerprint density at radius 1 is 1.38 bits per heavy atom. The largest absolute Gasteiger partial charge is 0.354 e. The molecular formula is C17H27N3O. The van der Waals surface area contributed by atoms with Crippen molar-refractivity contribution in [1.82, 2.24) is 10.2 Å². The summed E-state index contributed by atoms with van der Waals surface area (Å²) >= 11 is 0. The first-order valence-electron chi connectivity index (χ1n) is 7.86. The number of hydrogen-bond donors (Lipinski definition) is 2. The van der Waals surface area contributed by atoms with Crippen molar-refractivity contribution in [3.05, 3.63) is 35.9 Å². The molecule has 1 heterocycles. The van der Waals surface area contributed by atoms with Gasteiger partial charge in [-0.05, 0) is 30.4 Å². The van der Waals surface area contributed by atoms with Crippen LogP contribution in [0.1, 0.15) is 25.8 Å². The summed E-state index contributed by atoms with van der Waals surface area (Å²) in [5, 5.41) is 3.00. The van der Waals surface area contributed by atoms with Crippen LogP contribution in [0.2, 0.25) is 0 Å². The summed E-state index contributed by atoms with van der Waals surface area (Å²) in [5.74, 6) is 0.701. The van der Waals surface area contributed by atoms with Gasteiger partial charge in [0.15, 0.2) is 0 Å². The van der Waals surface area contributed by atoms with Crippen LogP contribution in [0.4, 0.5) is 0 Å². The molecule has 0 unspecified atom stereocenters. The van der Waals surface area contributed by atoms with Gasteiger partial charge in [-0.25, -0.2) is 0 Å². The van der Waals surface area contributed by atoms with Gasteiger partial charge in [0, 0.05) is 19.6 Å². The summed E-state index contributed by atoms with van der Waals surface area (Å²) in [6, 6.07) is 10.1. The average molecular weight is 289 g/mol. The van der Waals surface area contributed by atoms with E-state index < -0.39 is 6.04 Å². The number of nitrogens with one attached hydrogen (secondary N) is 1. The van der Waals surface area contributed by atoms with E-state index in [1.165, 1.54) is 5.56 Å². The highest BCUT2D eigenvalue weighted by Gasteiger charge is 2.24. The van der Waals surface area contributed by atoms with Crippen LogP contribution in [-0.2, 0) is 11.3 Å². The van der Waals surface area contributed by atoms with Gasteiger partial charge in [0.2, 0.25) is 5.91 Å². The fraction of sp³-hybridized carbons (Fsp3) is 0.588. The smallest absolute Gasteiger partial charge is 0.237 e. The molecular weight excluding hydrogens is 262 g/mol. The van der Waals surface area contributed by atoms with Gasteiger partial charge in [-0.3, -0.25) is 9.69 Å². The minimum absolute atomic E-state index is 0.0218. The van der Waals surface area contributed by atoms with Crippen LogP contribution in [-0.4, -0.2) is 36.5 Å². The Bertz CT molecular complexity index is 447. The highest BCUT2D eigenvalue weighted by Crippen LogP contribution is 2.18. The van der Waals surface area contributed by atoms with Crippen molar-refractivity contribution in [3.8, 4) is 0 Å². The molecule has 1 saturated heterocycles. The van der Waals surface area contributed by atoms with Crippen LogP contribution < -0.4 is 11.1 Å². The number of hydrogen-bond acceptors (Lipinski definition) is 3. The SMILES string of the molecule is CC(C)[C@H](N)C(=O)NC[C@H]1CCN(Cc2ccccc2)C1. The molecule has 4 heteroatoms. The van der Waals surface area contributed by atoms with Gasteiger partial charge in [-0.2, -0.15) is 0 Å². The first kappa shape index (κ1) is 16.0. The lowest BCUT2D eigenvalue weighted by molar-refractivity contribution is -0.123. The van der Waals surface area contributed by atoms with Crippen molar-refractivity contribution in [2.24, 2.45) is 17.6 Å². The van der Waals surface area contributed by atoms with Crippen LogP contribution in [0, 0.1) is 11.8 Å². The lowest BCUT2D eigenvalue weighted by Crippen LogP contribution is -2.45. The van der Waals surface area contributed by atoms with E-state index in [0.717, 1.165) is 32.6 Å². The van der Waals surface area contributed by atoms with Gasteiger partial charge in [-0.1, -0.05) is 44.2 Å². The molecule has 1 aromatic carbocycles. The molecule has 116 valence electrons. The van der Waals surface area contributed by atoms with Crippen LogP contribution in [0.3, 0.4) is 0 Å². The second-order valence-corrected chi connectivity index (χ2v) is 6.39. The number of likely N-dealkylation sites (tertiary alicyclic amines) is 1. The maximum Gasteiger partial charge on any atom is 0.237 e. The molecule has 1 aliphatic heterocycles. The monoisotopic (exact) mass is 289 g/mol. The average Bonchev–Trinajstić information content (AvgIpc) is 2.92. The highest BCUT2D eigenvalue weighted by atomic mass is 16.2. The van der Waals surface area contributed by atoms with E-state index in [0.29, 0.717) is 5.92 Å². The maximum absolute atomic E-state index is 11.9. The number of amides is 1. The first-order chi connectivity index (χ1) is 10.1. The minimum atomic E-state index is -0.396. The van der Waals surface area contributed by atoms with E-state index in [1.54, 1.807) is 0 Å². The summed E-state index contributed by atoms with van der Waals surface area (Å²) in [4.78, 5) is 14.3. The van der Waals surface area contributed by atoms with Crippen molar-refractivity contribution >= 4 is 5.91 Å². The molecule has 1 amide bonds. The highest BCUT2D eigenvalue weighted by molar-refractivity contribution is 5.81. The predicted molar refractivity (Wildman–Crippen MR) is 85.6 cm³/mol. The molecule has 3 N–H and O–H groups in total. The summed E-state index contributed by atoms with van der Waals surface area (Å²) in [5.41, 5.74) is 7.20. The molecule has 1 fully saturated rings. The Labute approximate surface area is 127 Å². The van der Waals surface area contributed by atoms with Gasteiger partial charge in [-0.15, -0.1) is 0 Å². The molecule has 4 nitrogen and oxygen atoms in total. The Hall–Kier alpha value is -1.39. The zero-order chi connectivity index (χ0) is 15.2. The van der Waals surface area contributed by atoms with Crippen molar-refractivity contribution in [2.45, 2.75) is 32.9 Å². The summed E-state index contributed by atoms with van der Waals surface area (Å²) < 4.78 is 0. The van der Waals surface area contributed by atoms with Crippen molar-refractivity contribution in [3.63, 3.8) is 0 Å². The Kier molecular flexibility index (Phi) is 5.76. The van der Waals surface area contributed by atoms with E-state index in [4.69, 9.17) is 5.73 Å². The third kappa shape index (κ3) is 4.83. The van der Waals surface area contributed by atoms with E-state index in [9.17, 15) is 4.79 Å². The lowest BCUT2D eigenvalue weighted by Gasteiger charge is -2.18. The van der Waals surface area contributed by atoms with Gasteiger partial charge in [0.25, 0.3) is 0 Å². The summed E-state index contributed by atoms with van der Waals surface area (Å²) in [6.45, 7) is 7.84. The molecule has 0 radical (unpaired) electrons. The topological polar surface area (TPSA) is 58.4 Å². The van der Waals surface area contributed by atoms with E-state index in [-0.39, 0.29) is 11.8 Å². The third-order valence-corrected chi connectivity index (χ3v) is 4.20. The minimum Gasteiger partial charge on any atom is -0.354 e. The van der Waals surface area contributed by atoms with Gasteiger partial charge in [0.05, 0.1) is 6.04 Å².